The maximum Gasteiger partial charge on any atom is 0.166 e. The van der Waals surface area contributed by atoms with Crippen LogP contribution in [0, 0.1) is 17.2 Å². The van der Waals surface area contributed by atoms with Crippen LogP contribution in [0.4, 0.5) is 0 Å². The van der Waals surface area contributed by atoms with Gasteiger partial charge < -0.3 is 14.4 Å². The molecule has 0 bridgehead atoms. The van der Waals surface area contributed by atoms with Crippen molar-refractivity contribution < 1.29 is 9.47 Å². The second-order valence-corrected chi connectivity index (χ2v) is 6.35. The fourth-order valence-electron chi connectivity index (χ4n) is 3.26. The normalized spacial score (nSPS) is 36.6. The molecule has 2 heterocycles. The molecule has 2 aliphatic heterocycles. The lowest BCUT2D eigenvalue weighted by Gasteiger charge is -2.38. The van der Waals surface area contributed by atoms with Crippen molar-refractivity contribution in [3.8, 4) is 6.07 Å². The molecule has 2 aliphatic rings. The first-order chi connectivity index (χ1) is 9.02. The van der Waals surface area contributed by atoms with Gasteiger partial charge in [-0.1, -0.05) is 0 Å². The Hall–Kier alpha value is -0.630. The van der Waals surface area contributed by atoms with Crippen molar-refractivity contribution in [1.82, 2.24) is 4.90 Å². The molecular weight excluding hydrogens is 240 g/mol. The highest BCUT2D eigenvalue weighted by Gasteiger charge is 2.39. The number of nitrogens with zero attached hydrogens (tertiary/aromatic N) is 2. The quantitative estimate of drug-likeness (QED) is 0.784. The van der Waals surface area contributed by atoms with Crippen LogP contribution in [0.25, 0.3) is 0 Å². The lowest BCUT2D eigenvalue weighted by atomic mass is 9.90. The summed E-state index contributed by atoms with van der Waals surface area (Å²) in [5.41, 5.74) is 0. The largest absolute Gasteiger partial charge is 0.347 e. The van der Waals surface area contributed by atoms with Gasteiger partial charge in [-0.15, -0.1) is 0 Å². The molecule has 108 valence electrons. The summed E-state index contributed by atoms with van der Waals surface area (Å²) < 4.78 is 11.7. The highest BCUT2D eigenvalue weighted by molar-refractivity contribution is 4.86. The maximum absolute atomic E-state index is 8.72. The van der Waals surface area contributed by atoms with Crippen LogP contribution in [0.1, 0.15) is 46.5 Å². The summed E-state index contributed by atoms with van der Waals surface area (Å²) in [6.07, 6.45) is 3.85. The fraction of sp³-hybridized carbons (Fsp3) is 0.933. The second kappa shape index (κ2) is 6.21. The van der Waals surface area contributed by atoms with E-state index >= 15 is 0 Å². The van der Waals surface area contributed by atoms with Crippen molar-refractivity contribution in [3.63, 3.8) is 0 Å². The zero-order valence-corrected chi connectivity index (χ0v) is 12.4. The van der Waals surface area contributed by atoms with Crippen LogP contribution in [0.2, 0.25) is 0 Å². The van der Waals surface area contributed by atoms with Gasteiger partial charge in [-0.25, -0.2) is 0 Å². The fourth-order valence-corrected chi connectivity index (χ4v) is 3.26. The third-order valence-electron chi connectivity index (χ3n) is 4.25. The van der Waals surface area contributed by atoms with Gasteiger partial charge in [0.15, 0.2) is 5.79 Å². The Morgan fingerprint density at radius 1 is 1.47 bits per heavy atom. The molecule has 2 fully saturated rings. The number of hydrogen-bond donors (Lipinski definition) is 0. The number of hydrogen-bond acceptors (Lipinski definition) is 4. The number of rotatable bonds is 4. The van der Waals surface area contributed by atoms with E-state index in [9.17, 15) is 0 Å². The van der Waals surface area contributed by atoms with E-state index in [4.69, 9.17) is 14.7 Å². The minimum atomic E-state index is -0.480. The van der Waals surface area contributed by atoms with Gasteiger partial charge in [0.2, 0.25) is 0 Å². The Kier molecular flexibility index (Phi) is 4.83. The molecule has 2 saturated heterocycles. The summed E-state index contributed by atoms with van der Waals surface area (Å²) in [4.78, 5) is 2.54. The molecule has 3 unspecified atom stereocenters. The average molecular weight is 266 g/mol. The molecular formula is C15H26N2O2. The van der Waals surface area contributed by atoms with Gasteiger partial charge in [0.05, 0.1) is 25.2 Å². The molecule has 0 aromatic heterocycles. The highest BCUT2D eigenvalue weighted by Crippen LogP contribution is 2.34. The topological polar surface area (TPSA) is 45.5 Å². The zero-order chi connectivity index (χ0) is 13.9. The van der Waals surface area contributed by atoms with Crippen molar-refractivity contribution in [2.45, 2.75) is 64.4 Å². The van der Waals surface area contributed by atoms with Crippen LogP contribution in [0.5, 0.6) is 0 Å². The minimum absolute atomic E-state index is 0.0419. The minimum Gasteiger partial charge on any atom is -0.347 e. The Morgan fingerprint density at radius 3 is 2.95 bits per heavy atom. The van der Waals surface area contributed by atoms with Crippen LogP contribution < -0.4 is 0 Å². The second-order valence-electron chi connectivity index (χ2n) is 6.35. The molecule has 0 saturated carbocycles. The Morgan fingerprint density at radius 2 is 2.26 bits per heavy atom. The summed E-state index contributed by atoms with van der Waals surface area (Å²) in [6.45, 7) is 9.46. The zero-order valence-electron chi connectivity index (χ0n) is 12.4. The molecule has 19 heavy (non-hydrogen) atoms. The molecule has 2 rings (SSSR count). The van der Waals surface area contributed by atoms with E-state index in [1.807, 2.05) is 6.92 Å². The third-order valence-corrected chi connectivity index (χ3v) is 4.25. The van der Waals surface area contributed by atoms with Gasteiger partial charge in [0, 0.05) is 19.0 Å². The van der Waals surface area contributed by atoms with Crippen molar-refractivity contribution in [1.29, 1.82) is 5.26 Å². The Balaban J connectivity index is 1.85. The molecule has 4 heteroatoms. The standard InChI is InChI=1S/C15H26N2O2/c1-12(2)17-8-4-5-13(10-17)9-15(3)18-11-14(19-15)6-7-16/h12-14H,4-6,8-11H2,1-3H3. The summed E-state index contributed by atoms with van der Waals surface area (Å²) in [5.74, 6) is 0.161. The number of likely N-dealkylation sites (tertiary alicyclic amines) is 1. The van der Waals surface area contributed by atoms with E-state index in [2.05, 4.69) is 24.8 Å². The van der Waals surface area contributed by atoms with Gasteiger partial charge in [-0.2, -0.15) is 5.26 Å². The molecule has 0 amide bonds. The van der Waals surface area contributed by atoms with E-state index in [-0.39, 0.29) is 6.10 Å². The third kappa shape index (κ3) is 3.92. The predicted octanol–water partition coefficient (Wildman–Crippen LogP) is 2.54. The van der Waals surface area contributed by atoms with Gasteiger partial charge in [0.25, 0.3) is 0 Å². The van der Waals surface area contributed by atoms with E-state index < -0.39 is 5.79 Å². The molecule has 4 nitrogen and oxygen atoms in total. The molecule has 0 N–H and O–H groups in total. The molecule has 0 aromatic carbocycles. The summed E-state index contributed by atoms with van der Waals surface area (Å²) in [7, 11) is 0. The lowest BCUT2D eigenvalue weighted by Crippen LogP contribution is -2.42. The van der Waals surface area contributed by atoms with Crippen LogP contribution in [-0.4, -0.2) is 42.5 Å². The first kappa shape index (κ1) is 14.8. The van der Waals surface area contributed by atoms with E-state index in [1.165, 1.54) is 19.4 Å². The number of nitriles is 1. The Bertz CT molecular complexity index is 340. The average Bonchev–Trinajstić information content (AvgIpc) is 2.71. The summed E-state index contributed by atoms with van der Waals surface area (Å²) in [5, 5.41) is 8.72. The first-order valence-corrected chi connectivity index (χ1v) is 7.45. The molecule has 0 spiro atoms. The SMILES string of the molecule is CC(C)N1CCCC(CC2(C)OCC(CC#N)O2)C1. The Labute approximate surface area is 116 Å². The first-order valence-electron chi connectivity index (χ1n) is 7.45. The van der Waals surface area contributed by atoms with Gasteiger partial charge in [-0.3, -0.25) is 0 Å². The number of ether oxygens (including phenoxy) is 2. The molecule has 0 radical (unpaired) electrons. The lowest BCUT2D eigenvalue weighted by molar-refractivity contribution is -0.168. The smallest absolute Gasteiger partial charge is 0.166 e. The monoisotopic (exact) mass is 266 g/mol. The van der Waals surface area contributed by atoms with Crippen molar-refractivity contribution in [3.05, 3.63) is 0 Å². The summed E-state index contributed by atoms with van der Waals surface area (Å²) >= 11 is 0. The molecule has 0 aliphatic carbocycles. The van der Waals surface area contributed by atoms with Crippen molar-refractivity contribution in [2.75, 3.05) is 19.7 Å². The number of piperidine rings is 1. The molecule has 0 aromatic rings. The molecule has 3 atom stereocenters. The van der Waals surface area contributed by atoms with Gasteiger partial charge in [-0.05, 0) is 46.1 Å². The van der Waals surface area contributed by atoms with Gasteiger partial charge >= 0.3 is 0 Å². The van der Waals surface area contributed by atoms with E-state index in [0.29, 0.717) is 25.0 Å². The van der Waals surface area contributed by atoms with Gasteiger partial charge in [0.1, 0.15) is 0 Å². The van der Waals surface area contributed by atoms with Crippen molar-refractivity contribution >= 4 is 0 Å². The van der Waals surface area contributed by atoms with Crippen molar-refractivity contribution in [2.24, 2.45) is 5.92 Å². The van der Waals surface area contributed by atoms with E-state index in [1.54, 1.807) is 0 Å². The summed E-state index contributed by atoms with van der Waals surface area (Å²) in [6, 6.07) is 2.78. The van der Waals surface area contributed by atoms with Crippen LogP contribution in [0.3, 0.4) is 0 Å². The highest BCUT2D eigenvalue weighted by atomic mass is 16.7. The van der Waals surface area contributed by atoms with Crippen LogP contribution >= 0.6 is 0 Å². The maximum atomic E-state index is 8.72. The predicted molar refractivity (Wildman–Crippen MR) is 73.5 cm³/mol. The van der Waals surface area contributed by atoms with Crippen LogP contribution in [-0.2, 0) is 9.47 Å². The van der Waals surface area contributed by atoms with Crippen LogP contribution in [0.15, 0.2) is 0 Å². The van der Waals surface area contributed by atoms with E-state index in [0.717, 1.165) is 13.0 Å².